The fourth-order valence-electron chi connectivity index (χ4n) is 1.52. The molecule has 0 atom stereocenters. The van der Waals surface area contributed by atoms with Crippen LogP contribution in [0.1, 0.15) is 11.4 Å². The van der Waals surface area contributed by atoms with Crippen molar-refractivity contribution in [3.63, 3.8) is 0 Å². The van der Waals surface area contributed by atoms with Crippen LogP contribution in [0.2, 0.25) is 0 Å². The summed E-state index contributed by atoms with van der Waals surface area (Å²) >= 11 is 0. The van der Waals surface area contributed by atoms with Crippen molar-refractivity contribution in [1.82, 2.24) is 19.7 Å². The first-order valence-electron chi connectivity index (χ1n) is 4.79. The van der Waals surface area contributed by atoms with Crippen LogP contribution in [0, 0.1) is 19.7 Å². The van der Waals surface area contributed by atoms with Gasteiger partial charge in [-0.1, -0.05) is 0 Å². The van der Waals surface area contributed by atoms with Crippen molar-refractivity contribution in [2.45, 2.75) is 13.8 Å². The van der Waals surface area contributed by atoms with Gasteiger partial charge in [0.25, 0.3) is 0 Å². The van der Waals surface area contributed by atoms with E-state index in [0.29, 0.717) is 5.82 Å². The maximum atomic E-state index is 13.3. The molecule has 84 valence electrons. The van der Waals surface area contributed by atoms with Gasteiger partial charge in [-0.05, 0) is 13.8 Å². The molecule has 0 saturated heterocycles. The first kappa shape index (κ1) is 10.5. The predicted octanol–water partition coefficient (Wildman–Crippen LogP) is 1.22. The minimum atomic E-state index is -0.565. The summed E-state index contributed by atoms with van der Waals surface area (Å²) < 4.78 is 14.9. The highest BCUT2D eigenvalue weighted by Crippen LogP contribution is 2.21. The molecule has 0 aliphatic carbocycles. The molecule has 2 rings (SSSR count). The van der Waals surface area contributed by atoms with E-state index in [1.165, 1.54) is 0 Å². The van der Waals surface area contributed by atoms with Crippen LogP contribution in [0.15, 0.2) is 6.20 Å². The standard InChI is InChI=1S/C10H12FN5/c1-5-7(4-16(3)15-5)10-13-6(2)8(11)9(12)14-10/h4H,1-3H3,(H2,12,13,14). The maximum absolute atomic E-state index is 13.3. The van der Waals surface area contributed by atoms with E-state index in [-0.39, 0.29) is 11.5 Å². The lowest BCUT2D eigenvalue weighted by Crippen LogP contribution is -2.03. The molecular weight excluding hydrogens is 209 g/mol. The summed E-state index contributed by atoms with van der Waals surface area (Å²) in [6.07, 6.45) is 1.78. The summed E-state index contributed by atoms with van der Waals surface area (Å²) in [6, 6.07) is 0. The molecule has 16 heavy (non-hydrogen) atoms. The smallest absolute Gasteiger partial charge is 0.186 e. The number of aromatic nitrogens is 4. The Morgan fingerprint density at radius 1 is 1.25 bits per heavy atom. The second-order valence-corrected chi connectivity index (χ2v) is 3.63. The molecule has 0 saturated carbocycles. The van der Waals surface area contributed by atoms with E-state index in [9.17, 15) is 4.39 Å². The van der Waals surface area contributed by atoms with E-state index in [2.05, 4.69) is 15.1 Å². The molecule has 0 radical (unpaired) electrons. The van der Waals surface area contributed by atoms with Gasteiger partial charge in [0.1, 0.15) is 0 Å². The molecule has 0 spiro atoms. The summed E-state index contributed by atoms with van der Waals surface area (Å²) in [5.41, 5.74) is 7.25. The number of anilines is 1. The van der Waals surface area contributed by atoms with Crippen LogP contribution in [0.4, 0.5) is 10.2 Å². The number of hydrogen-bond donors (Lipinski definition) is 1. The van der Waals surface area contributed by atoms with Crippen molar-refractivity contribution < 1.29 is 4.39 Å². The minimum absolute atomic E-state index is 0.134. The van der Waals surface area contributed by atoms with Gasteiger partial charge in [-0.3, -0.25) is 4.68 Å². The molecule has 0 aliphatic heterocycles. The van der Waals surface area contributed by atoms with Gasteiger partial charge in [0.2, 0.25) is 0 Å². The molecule has 2 aromatic heterocycles. The third kappa shape index (κ3) is 1.62. The molecule has 0 aliphatic rings. The number of nitrogens with zero attached hydrogens (tertiary/aromatic N) is 4. The average molecular weight is 221 g/mol. The quantitative estimate of drug-likeness (QED) is 0.785. The van der Waals surface area contributed by atoms with Crippen molar-refractivity contribution in [3.8, 4) is 11.4 Å². The first-order valence-corrected chi connectivity index (χ1v) is 4.79. The Balaban J connectivity index is 2.61. The van der Waals surface area contributed by atoms with Crippen LogP contribution < -0.4 is 5.73 Å². The third-order valence-corrected chi connectivity index (χ3v) is 2.30. The topological polar surface area (TPSA) is 69.6 Å². The summed E-state index contributed by atoms with van der Waals surface area (Å²) in [7, 11) is 1.80. The maximum Gasteiger partial charge on any atom is 0.186 e. The van der Waals surface area contributed by atoms with Crippen molar-refractivity contribution in [3.05, 3.63) is 23.4 Å². The van der Waals surface area contributed by atoms with Gasteiger partial charge in [0.05, 0.1) is 17.0 Å². The zero-order valence-corrected chi connectivity index (χ0v) is 9.32. The largest absolute Gasteiger partial charge is 0.381 e. The first-order chi connectivity index (χ1) is 7.49. The number of aryl methyl sites for hydroxylation is 3. The Morgan fingerprint density at radius 2 is 1.94 bits per heavy atom. The second-order valence-electron chi connectivity index (χ2n) is 3.63. The highest BCUT2D eigenvalue weighted by molar-refractivity contribution is 5.58. The van der Waals surface area contributed by atoms with Crippen LogP contribution >= 0.6 is 0 Å². The SMILES string of the molecule is Cc1nn(C)cc1-c1nc(C)c(F)c(N)n1. The van der Waals surface area contributed by atoms with Crippen LogP contribution in [0.5, 0.6) is 0 Å². The van der Waals surface area contributed by atoms with Crippen LogP contribution in [-0.2, 0) is 7.05 Å². The lowest BCUT2D eigenvalue weighted by Gasteiger charge is -2.03. The normalized spacial score (nSPS) is 10.8. The average Bonchev–Trinajstić information content (AvgIpc) is 2.53. The Morgan fingerprint density at radius 3 is 2.44 bits per heavy atom. The monoisotopic (exact) mass is 221 g/mol. The summed E-state index contributed by atoms with van der Waals surface area (Å²) in [4.78, 5) is 7.97. The highest BCUT2D eigenvalue weighted by atomic mass is 19.1. The molecule has 2 aromatic rings. The Hall–Kier alpha value is -1.98. The Kier molecular flexibility index (Phi) is 2.34. The lowest BCUT2D eigenvalue weighted by atomic mass is 10.2. The van der Waals surface area contributed by atoms with Gasteiger partial charge in [-0.25, -0.2) is 14.4 Å². The van der Waals surface area contributed by atoms with E-state index in [1.807, 2.05) is 6.92 Å². The fourth-order valence-corrected chi connectivity index (χ4v) is 1.52. The van der Waals surface area contributed by atoms with Gasteiger partial charge in [-0.15, -0.1) is 0 Å². The van der Waals surface area contributed by atoms with Crippen molar-refractivity contribution >= 4 is 5.82 Å². The summed E-state index contributed by atoms with van der Waals surface area (Å²) in [5.74, 6) is -0.293. The summed E-state index contributed by atoms with van der Waals surface area (Å²) in [5, 5.41) is 4.17. The molecule has 0 unspecified atom stereocenters. The van der Waals surface area contributed by atoms with Gasteiger partial charge < -0.3 is 5.73 Å². The zero-order valence-electron chi connectivity index (χ0n) is 9.32. The number of hydrogen-bond acceptors (Lipinski definition) is 4. The van der Waals surface area contributed by atoms with Crippen LogP contribution in [0.3, 0.4) is 0 Å². The molecule has 0 bridgehead atoms. The molecule has 0 amide bonds. The molecule has 0 aromatic carbocycles. The molecule has 2 heterocycles. The van der Waals surface area contributed by atoms with E-state index in [0.717, 1.165) is 11.3 Å². The molecule has 0 fully saturated rings. The van der Waals surface area contributed by atoms with E-state index in [4.69, 9.17) is 5.73 Å². The molecular formula is C10H12FN5. The number of nitrogen functional groups attached to an aromatic ring is 1. The zero-order chi connectivity index (χ0) is 11.9. The highest BCUT2D eigenvalue weighted by Gasteiger charge is 2.13. The molecule has 5 nitrogen and oxygen atoms in total. The Bertz CT molecular complexity index is 523. The lowest BCUT2D eigenvalue weighted by molar-refractivity contribution is 0.608. The van der Waals surface area contributed by atoms with Crippen LogP contribution in [-0.4, -0.2) is 19.7 Å². The fraction of sp³-hybridized carbons (Fsp3) is 0.300. The second kappa shape index (κ2) is 3.55. The Labute approximate surface area is 92.1 Å². The van der Waals surface area contributed by atoms with E-state index < -0.39 is 5.82 Å². The minimum Gasteiger partial charge on any atom is -0.381 e. The van der Waals surface area contributed by atoms with Gasteiger partial charge in [-0.2, -0.15) is 5.10 Å². The molecule has 6 heteroatoms. The summed E-state index contributed by atoms with van der Waals surface area (Å²) in [6.45, 7) is 3.40. The van der Waals surface area contributed by atoms with Crippen molar-refractivity contribution in [2.24, 2.45) is 7.05 Å². The van der Waals surface area contributed by atoms with Gasteiger partial charge >= 0.3 is 0 Å². The van der Waals surface area contributed by atoms with E-state index in [1.54, 1.807) is 24.9 Å². The van der Waals surface area contributed by atoms with Gasteiger partial charge in [0.15, 0.2) is 17.5 Å². The number of halogens is 1. The molecule has 2 N–H and O–H groups in total. The third-order valence-electron chi connectivity index (χ3n) is 2.30. The number of nitrogens with two attached hydrogens (primary N) is 1. The van der Waals surface area contributed by atoms with Crippen molar-refractivity contribution in [1.29, 1.82) is 0 Å². The van der Waals surface area contributed by atoms with E-state index >= 15 is 0 Å². The number of rotatable bonds is 1. The van der Waals surface area contributed by atoms with Crippen molar-refractivity contribution in [2.75, 3.05) is 5.73 Å². The van der Waals surface area contributed by atoms with Crippen LogP contribution in [0.25, 0.3) is 11.4 Å². The predicted molar refractivity (Wildman–Crippen MR) is 58.1 cm³/mol. The van der Waals surface area contributed by atoms with Gasteiger partial charge in [0, 0.05) is 13.2 Å².